The molecule has 0 aliphatic carbocycles. The van der Waals surface area contributed by atoms with Crippen LogP contribution in [0.4, 0.5) is 10.6 Å². The number of hydrogen-bond acceptors (Lipinski definition) is 6. The van der Waals surface area contributed by atoms with E-state index in [0.29, 0.717) is 49.1 Å². The number of carbonyl (C=O) groups excluding carboxylic acids is 2. The molecule has 0 unspecified atom stereocenters. The minimum absolute atomic E-state index is 0.134. The van der Waals surface area contributed by atoms with Gasteiger partial charge in [0.1, 0.15) is 23.6 Å². The molecule has 0 spiro atoms. The molecule has 1 N–H and O–H groups in total. The molecule has 3 rings (SSSR count). The third-order valence-electron chi connectivity index (χ3n) is 4.31. The summed E-state index contributed by atoms with van der Waals surface area (Å²) in [4.78, 5) is 36.3. The molecular weight excluding hydrogens is 350 g/mol. The van der Waals surface area contributed by atoms with Gasteiger partial charge in [0.2, 0.25) is 0 Å². The molecule has 142 valence electrons. The van der Waals surface area contributed by atoms with Crippen molar-refractivity contribution in [2.24, 2.45) is 0 Å². The Hall–Kier alpha value is -3.36. The number of nitrogens with one attached hydrogen (secondary N) is 1. The Balaban J connectivity index is 1.60. The van der Waals surface area contributed by atoms with Crippen LogP contribution in [0.15, 0.2) is 36.8 Å². The number of hydrogen-bond donors (Lipinski definition) is 1. The summed E-state index contributed by atoms with van der Waals surface area (Å²) in [5.74, 6) is 1.39. The van der Waals surface area contributed by atoms with Gasteiger partial charge in [-0.15, -0.1) is 0 Å². The fourth-order valence-electron chi connectivity index (χ4n) is 2.81. The van der Waals surface area contributed by atoms with Crippen molar-refractivity contribution in [2.45, 2.75) is 0 Å². The maximum Gasteiger partial charge on any atom is 0.323 e. The van der Waals surface area contributed by atoms with E-state index in [9.17, 15) is 9.59 Å². The normalized spacial score (nSPS) is 13.9. The number of amides is 3. The summed E-state index contributed by atoms with van der Waals surface area (Å²) >= 11 is 0. The van der Waals surface area contributed by atoms with Gasteiger partial charge in [0, 0.05) is 38.4 Å². The van der Waals surface area contributed by atoms with Gasteiger partial charge < -0.3 is 19.3 Å². The molecule has 1 aromatic heterocycles. The Morgan fingerprint density at radius 3 is 2.41 bits per heavy atom. The molecule has 0 saturated carbocycles. The lowest BCUT2D eigenvalue weighted by Gasteiger charge is -2.34. The van der Waals surface area contributed by atoms with Crippen LogP contribution < -0.4 is 14.8 Å². The standard InChI is InChI=1S/C18H21N5O4/c1-26-13-3-4-14(15(11-13)27-2)17(24)22-7-9-23(10-8-22)18(25)21-16-5-6-19-12-20-16/h3-6,11-12H,7-10H2,1-2H3,(H,19,20,21,25). The molecule has 2 aromatic rings. The third kappa shape index (κ3) is 4.25. The van der Waals surface area contributed by atoms with Gasteiger partial charge in [0.05, 0.1) is 19.8 Å². The fraction of sp³-hybridized carbons (Fsp3) is 0.333. The highest BCUT2D eigenvalue weighted by atomic mass is 16.5. The maximum absolute atomic E-state index is 12.8. The number of benzene rings is 1. The van der Waals surface area contributed by atoms with Crippen molar-refractivity contribution in [1.29, 1.82) is 0 Å². The summed E-state index contributed by atoms with van der Waals surface area (Å²) in [5, 5.41) is 2.72. The van der Waals surface area contributed by atoms with Gasteiger partial charge in [-0.05, 0) is 18.2 Å². The Bertz CT molecular complexity index is 807. The summed E-state index contributed by atoms with van der Waals surface area (Å²) in [7, 11) is 3.07. The van der Waals surface area contributed by atoms with E-state index in [-0.39, 0.29) is 11.9 Å². The SMILES string of the molecule is COc1ccc(C(=O)N2CCN(C(=O)Nc3ccncn3)CC2)c(OC)c1. The van der Waals surface area contributed by atoms with E-state index >= 15 is 0 Å². The molecule has 2 heterocycles. The minimum atomic E-state index is -0.247. The average molecular weight is 371 g/mol. The maximum atomic E-state index is 12.8. The largest absolute Gasteiger partial charge is 0.497 e. The van der Waals surface area contributed by atoms with Crippen LogP contribution in [0.1, 0.15) is 10.4 Å². The molecule has 0 bridgehead atoms. The summed E-state index contributed by atoms with van der Waals surface area (Å²) in [6, 6.07) is 6.46. The Kier molecular flexibility index (Phi) is 5.70. The Morgan fingerprint density at radius 2 is 1.78 bits per heavy atom. The highest BCUT2D eigenvalue weighted by Gasteiger charge is 2.26. The molecule has 9 nitrogen and oxygen atoms in total. The van der Waals surface area contributed by atoms with E-state index in [1.165, 1.54) is 13.4 Å². The van der Waals surface area contributed by atoms with Crippen molar-refractivity contribution >= 4 is 17.8 Å². The molecule has 9 heteroatoms. The van der Waals surface area contributed by atoms with Crippen LogP contribution in [-0.4, -0.2) is 72.1 Å². The zero-order valence-electron chi connectivity index (χ0n) is 15.2. The van der Waals surface area contributed by atoms with Gasteiger partial charge >= 0.3 is 6.03 Å². The number of ether oxygens (including phenoxy) is 2. The molecule has 0 radical (unpaired) electrons. The number of piperazine rings is 1. The van der Waals surface area contributed by atoms with E-state index in [1.54, 1.807) is 47.4 Å². The van der Waals surface area contributed by atoms with Crippen LogP contribution in [0.3, 0.4) is 0 Å². The molecule has 1 aliphatic rings. The number of aromatic nitrogens is 2. The number of carbonyl (C=O) groups is 2. The first-order chi connectivity index (χ1) is 13.1. The number of rotatable bonds is 4. The predicted octanol–water partition coefficient (Wildman–Crippen LogP) is 1.48. The Morgan fingerprint density at radius 1 is 1.04 bits per heavy atom. The van der Waals surface area contributed by atoms with Gasteiger partial charge in [-0.1, -0.05) is 0 Å². The summed E-state index contributed by atoms with van der Waals surface area (Å²) < 4.78 is 10.5. The topological polar surface area (TPSA) is 96.9 Å². The van der Waals surface area contributed by atoms with Crippen molar-refractivity contribution in [1.82, 2.24) is 19.8 Å². The van der Waals surface area contributed by atoms with Crippen molar-refractivity contribution in [2.75, 3.05) is 45.7 Å². The van der Waals surface area contributed by atoms with E-state index < -0.39 is 0 Å². The van der Waals surface area contributed by atoms with Crippen LogP contribution in [0.25, 0.3) is 0 Å². The second-order valence-corrected chi connectivity index (χ2v) is 5.87. The molecule has 1 aromatic carbocycles. The lowest BCUT2D eigenvalue weighted by molar-refractivity contribution is 0.0668. The molecular formula is C18H21N5O4. The van der Waals surface area contributed by atoms with E-state index in [4.69, 9.17) is 9.47 Å². The first-order valence-electron chi connectivity index (χ1n) is 8.45. The van der Waals surface area contributed by atoms with Crippen molar-refractivity contribution < 1.29 is 19.1 Å². The molecule has 27 heavy (non-hydrogen) atoms. The van der Waals surface area contributed by atoms with E-state index in [1.807, 2.05) is 0 Å². The fourth-order valence-corrected chi connectivity index (χ4v) is 2.81. The average Bonchev–Trinajstić information content (AvgIpc) is 2.73. The van der Waals surface area contributed by atoms with Gasteiger partial charge in [-0.25, -0.2) is 14.8 Å². The van der Waals surface area contributed by atoms with Gasteiger partial charge in [0.25, 0.3) is 5.91 Å². The highest BCUT2D eigenvalue weighted by molar-refractivity contribution is 5.97. The van der Waals surface area contributed by atoms with Gasteiger partial charge in [0.15, 0.2) is 0 Å². The van der Waals surface area contributed by atoms with Crippen molar-refractivity contribution in [3.05, 3.63) is 42.4 Å². The number of methoxy groups -OCH3 is 2. The number of urea groups is 1. The second kappa shape index (κ2) is 8.35. The van der Waals surface area contributed by atoms with Crippen molar-refractivity contribution in [3.63, 3.8) is 0 Å². The Labute approximate surface area is 156 Å². The van der Waals surface area contributed by atoms with Crippen LogP contribution in [0.2, 0.25) is 0 Å². The third-order valence-corrected chi connectivity index (χ3v) is 4.31. The smallest absolute Gasteiger partial charge is 0.323 e. The monoisotopic (exact) mass is 371 g/mol. The molecule has 1 saturated heterocycles. The van der Waals surface area contributed by atoms with Gasteiger partial charge in [-0.3, -0.25) is 10.1 Å². The predicted molar refractivity (Wildman–Crippen MR) is 98.1 cm³/mol. The van der Waals surface area contributed by atoms with Crippen LogP contribution in [0.5, 0.6) is 11.5 Å². The molecule has 1 fully saturated rings. The minimum Gasteiger partial charge on any atom is -0.497 e. The number of anilines is 1. The van der Waals surface area contributed by atoms with E-state index in [2.05, 4.69) is 15.3 Å². The summed E-state index contributed by atoms with van der Waals surface area (Å²) in [6.07, 6.45) is 2.93. The molecule has 3 amide bonds. The molecule has 0 atom stereocenters. The van der Waals surface area contributed by atoms with Crippen molar-refractivity contribution in [3.8, 4) is 11.5 Å². The summed E-state index contributed by atoms with van der Waals surface area (Å²) in [5.41, 5.74) is 0.470. The van der Waals surface area contributed by atoms with Crippen LogP contribution in [0, 0.1) is 0 Å². The lowest BCUT2D eigenvalue weighted by atomic mass is 10.1. The highest BCUT2D eigenvalue weighted by Crippen LogP contribution is 2.26. The molecule has 1 aliphatic heterocycles. The first kappa shape index (κ1) is 18.4. The van der Waals surface area contributed by atoms with Crippen LogP contribution in [-0.2, 0) is 0 Å². The number of nitrogens with zero attached hydrogens (tertiary/aromatic N) is 4. The first-order valence-corrected chi connectivity index (χ1v) is 8.45. The zero-order valence-corrected chi connectivity index (χ0v) is 15.2. The van der Waals surface area contributed by atoms with E-state index in [0.717, 1.165) is 0 Å². The quantitative estimate of drug-likeness (QED) is 0.874. The summed E-state index contributed by atoms with van der Waals surface area (Å²) in [6.45, 7) is 1.73. The van der Waals surface area contributed by atoms with Crippen LogP contribution >= 0.6 is 0 Å². The second-order valence-electron chi connectivity index (χ2n) is 5.87. The lowest BCUT2D eigenvalue weighted by Crippen LogP contribution is -2.51. The zero-order chi connectivity index (χ0) is 19.2. The van der Waals surface area contributed by atoms with Gasteiger partial charge in [-0.2, -0.15) is 0 Å².